The summed E-state index contributed by atoms with van der Waals surface area (Å²) in [6.07, 6.45) is 6.98. The Morgan fingerprint density at radius 1 is 1.17 bits per heavy atom. The smallest absolute Gasteiger partial charge is 0.275 e. The second-order valence-electron chi connectivity index (χ2n) is 8.58. The van der Waals surface area contributed by atoms with Gasteiger partial charge in [-0.25, -0.2) is 15.0 Å². The molecule has 0 spiro atoms. The van der Waals surface area contributed by atoms with Gasteiger partial charge in [-0.2, -0.15) is 4.98 Å². The van der Waals surface area contributed by atoms with Crippen molar-refractivity contribution < 1.29 is 14.3 Å². The number of ether oxygens (including phenoxy) is 2. The molecule has 5 heterocycles. The number of amides is 1. The van der Waals surface area contributed by atoms with Crippen molar-refractivity contribution in [3.63, 3.8) is 0 Å². The van der Waals surface area contributed by atoms with Gasteiger partial charge in [0.2, 0.25) is 5.88 Å². The van der Waals surface area contributed by atoms with Crippen LogP contribution >= 0.6 is 0 Å². The molecule has 182 valence electrons. The summed E-state index contributed by atoms with van der Waals surface area (Å²) in [7, 11) is 1.53. The molecule has 0 aromatic carbocycles. The zero-order chi connectivity index (χ0) is 24.6. The molecule has 0 fully saturated rings. The Bertz CT molecular complexity index is 1550. The molecule has 2 aliphatic rings. The highest BCUT2D eigenvalue weighted by Crippen LogP contribution is 2.25. The van der Waals surface area contributed by atoms with Crippen LogP contribution in [-0.4, -0.2) is 55.2 Å². The number of nitrogens with one attached hydrogen (secondary N) is 2. The van der Waals surface area contributed by atoms with E-state index in [1.807, 2.05) is 6.07 Å². The topological polar surface area (TPSA) is 146 Å². The Hall–Kier alpha value is -4.45. The number of pyridine rings is 2. The van der Waals surface area contributed by atoms with Crippen LogP contribution in [0.15, 0.2) is 41.6 Å². The van der Waals surface area contributed by atoms with E-state index in [1.54, 1.807) is 24.5 Å². The minimum atomic E-state index is -0.285. The summed E-state index contributed by atoms with van der Waals surface area (Å²) in [5.74, 6) is 1.61. The maximum Gasteiger partial charge on any atom is 0.275 e. The number of methoxy groups -OCH3 is 1. The Kier molecular flexibility index (Phi) is 5.49. The third-order valence-corrected chi connectivity index (χ3v) is 6.26. The van der Waals surface area contributed by atoms with Crippen LogP contribution in [0.1, 0.15) is 23.5 Å². The van der Waals surface area contributed by atoms with E-state index in [1.165, 1.54) is 17.9 Å². The standard InChI is InChI=1S/C24H22N8O4/c1-35-21-5-4-16-24(31-21)32(22(34)11-27-16)15-6-13-2-3-14(7-17(13)26-8-15)25-10-19-28-9-18-23(29-19)30-20(33)12-36-18/h4-6,8-9,11,14,25H,2-3,7,10,12H2,1H3,(H,28,29,30,33). The van der Waals surface area contributed by atoms with E-state index in [0.29, 0.717) is 46.7 Å². The highest BCUT2D eigenvalue weighted by Gasteiger charge is 2.22. The number of fused-ring (bicyclic) bond motifs is 3. The zero-order valence-electron chi connectivity index (χ0n) is 19.4. The zero-order valence-corrected chi connectivity index (χ0v) is 19.4. The maximum atomic E-state index is 12.7. The Labute approximate surface area is 204 Å². The van der Waals surface area contributed by atoms with Gasteiger partial charge in [0, 0.05) is 24.2 Å². The molecular formula is C24H22N8O4. The quantitative estimate of drug-likeness (QED) is 0.418. The van der Waals surface area contributed by atoms with Gasteiger partial charge >= 0.3 is 0 Å². The molecule has 12 heteroatoms. The van der Waals surface area contributed by atoms with Gasteiger partial charge in [-0.1, -0.05) is 0 Å². The van der Waals surface area contributed by atoms with Crippen LogP contribution in [0.4, 0.5) is 5.82 Å². The number of carbonyl (C=O) groups is 1. The molecule has 1 aliphatic carbocycles. The van der Waals surface area contributed by atoms with Gasteiger partial charge in [0.25, 0.3) is 11.5 Å². The molecular weight excluding hydrogens is 464 g/mol. The van der Waals surface area contributed by atoms with Gasteiger partial charge < -0.3 is 20.1 Å². The molecule has 1 atom stereocenters. The highest BCUT2D eigenvalue weighted by atomic mass is 16.5. The van der Waals surface area contributed by atoms with E-state index >= 15 is 0 Å². The predicted molar refractivity (Wildman–Crippen MR) is 128 cm³/mol. The second kappa shape index (κ2) is 8.96. The van der Waals surface area contributed by atoms with Crippen LogP contribution < -0.4 is 25.7 Å². The van der Waals surface area contributed by atoms with E-state index in [9.17, 15) is 9.59 Å². The molecule has 0 radical (unpaired) electrons. The molecule has 36 heavy (non-hydrogen) atoms. The van der Waals surface area contributed by atoms with Crippen molar-refractivity contribution in [2.75, 3.05) is 19.0 Å². The summed E-state index contributed by atoms with van der Waals surface area (Å²) >= 11 is 0. The molecule has 6 rings (SSSR count). The Morgan fingerprint density at radius 3 is 2.97 bits per heavy atom. The maximum absolute atomic E-state index is 12.7. The summed E-state index contributed by atoms with van der Waals surface area (Å²) < 4.78 is 12.1. The number of aromatic nitrogens is 6. The summed E-state index contributed by atoms with van der Waals surface area (Å²) in [4.78, 5) is 46.3. The third kappa shape index (κ3) is 4.11. The van der Waals surface area contributed by atoms with Crippen molar-refractivity contribution in [2.24, 2.45) is 0 Å². The lowest BCUT2D eigenvalue weighted by Gasteiger charge is -2.25. The van der Waals surface area contributed by atoms with Crippen molar-refractivity contribution in [3.05, 3.63) is 64.2 Å². The predicted octanol–water partition coefficient (Wildman–Crippen LogP) is 0.952. The van der Waals surface area contributed by atoms with Crippen molar-refractivity contribution in [2.45, 2.75) is 31.8 Å². The van der Waals surface area contributed by atoms with Crippen LogP contribution in [0.3, 0.4) is 0 Å². The van der Waals surface area contributed by atoms with Gasteiger partial charge in [-0.05, 0) is 30.5 Å². The first kappa shape index (κ1) is 22.0. The fourth-order valence-corrected chi connectivity index (χ4v) is 4.46. The van der Waals surface area contributed by atoms with Crippen LogP contribution in [-0.2, 0) is 24.2 Å². The lowest BCUT2D eigenvalue weighted by molar-refractivity contribution is -0.118. The first-order valence-electron chi connectivity index (χ1n) is 11.5. The fourth-order valence-electron chi connectivity index (χ4n) is 4.46. The van der Waals surface area contributed by atoms with Crippen LogP contribution in [0.5, 0.6) is 11.6 Å². The van der Waals surface area contributed by atoms with Gasteiger partial charge in [-0.3, -0.25) is 19.1 Å². The summed E-state index contributed by atoms with van der Waals surface area (Å²) in [5, 5.41) is 6.18. The highest BCUT2D eigenvalue weighted by molar-refractivity contribution is 5.94. The Balaban J connectivity index is 1.20. The Morgan fingerprint density at radius 2 is 2.08 bits per heavy atom. The normalized spacial score (nSPS) is 16.6. The molecule has 1 amide bonds. The van der Waals surface area contributed by atoms with Crippen molar-refractivity contribution in [1.29, 1.82) is 0 Å². The number of aryl methyl sites for hydroxylation is 1. The lowest BCUT2D eigenvalue weighted by atomic mass is 9.91. The molecule has 2 N–H and O–H groups in total. The van der Waals surface area contributed by atoms with Gasteiger partial charge in [0.05, 0.1) is 37.9 Å². The first-order chi connectivity index (χ1) is 17.6. The number of nitrogens with zero attached hydrogens (tertiary/aromatic N) is 6. The largest absolute Gasteiger partial charge is 0.481 e. The lowest BCUT2D eigenvalue weighted by Crippen LogP contribution is -2.35. The second-order valence-corrected chi connectivity index (χ2v) is 8.58. The number of carbonyl (C=O) groups excluding carboxylic acids is 1. The number of rotatable bonds is 5. The molecule has 4 aromatic heterocycles. The molecule has 4 aromatic rings. The van der Waals surface area contributed by atoms with E-state index in [0.717, 1.165) is 30.5 Å². The summed E-state index contributed by atoms with van der Waals surface area (Å²) in [6.45, 7) is 0.425. The van der Waals surface area contributed by atoms with Gasteiger partial charge in [0.1, 0.15) is 11.3 Å². The molecule has 1 unspecified atom stereocenters. The average Bonchev–Trinajstić information content (AvgIpc) is 2.91. The monoisotopic (exact) mass is 486 g/mol. The molecule has 0 bridgehead atoms. The minimum absolute atomic E-state index is 0.0269. The van der Waals surface area contributed by atoms with Gasteiger partial charge in [0.15, 0.2) is 23.8 Å². The van der Waals surface area contributed by atoms with E-state index < -0.39 is 0 Å². The molecule has 0 saturated carbocycles. The van der Waals surface area contributed by atoms with Gasteiger partial charge in [-0.15, -0.1) is 0 Å². The van der Waals surface area contributed by atoms with Crippen molar-refractivity contribution >= 4 is 22.9 Å². The number of hydrogen-bond donors (Lipinski definition) is 2. The molecule has 12 nitrogen and oxygen atoms in total. The first-order valence-corrected chi connectivity index (χ1v) is 11.5. The summed E-state index contributed by atoms with van der Waals surface area (Å²) in [5.41, 5.74) is 3.44. The molecule has 1 aliphatic heterocycles. The van der Waals surface area contributed by atoms with Crippen molar-refractivity contribution in [3.8, 4) is 17.3 Å². The SMILES string of the molecule is COc1ccc2ncc(=O)n(-c3cnc4c(c3)CCC(NCc3ncc5c(n3)NC(=O)CO5)C4)c2n1. The number of anilines is 1. The van der Waals surface area contributed by atoms with E-state index in [-0.39, 0.29) is 24.1 Å². The summed E-state index contributed by atoms with van der Waals surface area (Å²) in [6, 6.07) is 5.67. The van der Waals surface area contributed by atoms with Crippen LogP contribution in [0.2, 0.25) is 0 Å². The fraction of sp³-hybridized carbons (Fsp3) is 0.292. The number of hydrogen-bond acceptors (Lipinski definition) is 10. The van der Waals surface area contributed by atoms with Crippen molar-refractivity contribution in [1.82, 2.24) is 34.8 Å². The van der Waals surface area contributed by atoms with E-state index in [2.05, 4.69) is 35.6 Å². The van der Waals surface area contributed by atoms with E-state index in [4.69, 9.17) is 9.47 Å². The third-order valence-electron chi connectivity index (χ3n) is 6.26. The average molecular weight is 486 g/mol. The van der Waals surface area contributed by atoms with Crippen LogP contribution in [0, 0.1) is 0 Å². The molecule has 0 saturated heterocycles. The minimum Gasteiger partial charge on any atom is -0.481 e. The van der Waals surface area contributed by atoms with Crippen LogP contribution in [0.25, 0.3) is 16.9 Å².